The number of hydroxylamine groups is 1. The third-order valence-electron chi connectivity index (χ3n) is 3.73. The third kappa shape index (κ3) is 4.89. The van der Waals surface area contributed by atoms with Crippen molar-refractivity contribution in [1.82, 2.24) is 10.8 Å². The number of benzene rings is 1. The van der Waals surface area contributed by atoms with Crippen molar-refractivity contribution in [2.75, 3.05) is 0 Å². The van der Waals surface area contributed by atoms with Gasteiger partial charge in [-0.15, -0.1) is 11.3 Å². The first-order valence-corrected chi connectivity index (χ1v) is 8.82. The van der Waals surface area contributed by atoms with E-state index >= 15 is 0 Å². The summed E-state index contributed by atoms with van der Waals surface area (Å²) >= 11 is 1.53. The number of hydrogen-bond donors (Lipinski definition) is 3. The van der Waals surface area contributed by atoms with Crippen LogP contribution in [0.3, 0.4) is 0 Å². The fourth-order valence-electron chi connectivity index (χ4n) is 2.25. The van der Waals surface area contributed by atoms with Crippen molar-refractivity contribution in [3.05, 3.63) is 63.9 Å². The maximum atomic E-state index is 12.5. The third-order valence-corrected chi connectivity index (χ3v) is 4.63. The van der Waals surface area contributed by atoms with Crippen molar-refractivity contribution in [2.45, 2.75) is 18.9 Å². The van der Waals surface area contributed by atoms with Gasteiger partial charge in [0, 0.05) is 17.0 Å². The van der Waals surface area contributed by atoms with E-state index in [-0.39, 0.29) is 5.91 Å². The number of rotatable bonds is 6. The maximum Gasteiger partial charge on any atom is 0.267 e. The molecular weight excluding hydrogens is 336 g/mol. The van der Waals surface area contributed by atoms with Crippen LogP contribution >= 0.6 is 11.3 Å². The fraction of sp³-hybridized carbons (Fsp3) is 0.158. The highest BCUT2D eigenvalue weighted by atomic mass is 32.1. The van der Waals surface area contributed by atoms with Crippen LogP contribution in [0.5, 0.6) is 0 Å². The van der Waals surface area contributed by atoms with Crippen molar-refractivity contribution in [3.63, 3.8) is 0 Å². The minimum absolute atomic E-state index is 0.0476. The highest BCUT2D eigenvalue weighted by Gasteiger charge is 2.25. The number of carbonyl (C=O) groups excluding carboxylic acids is 2. The molecule has 0 saturated heterocycles. The molecule has 25 heavy (non-hydrogen) atoms. The summed E-state index contributed by atoms with van der Waals surface area (Å²) in [6, 6.07) is 11.6. The van der Waals surface area contributed by atoms with Crippen LogP contribution in [-0.4, -0.2) is 23.1 Å². The topological polar surface area (TPSA) is 78.4 Å². The molecule has 0 atom stereocenters. The van der Waals surface area contributed by atoms with Gasteiger partial charge in [-0.25, -0.2) is 5.48 Å². The van der Waals surface area contributed by atoms with E-state index in [1.165, 1.54) is 17.4 Å². The molecule has 1 aliphatic carbocycles. The monoisotopic (exact) mass is 354 g/mol. The Bertz CT molecular complexity index is 804. The molecule has 0 spiro atoms. The van der Waals surface area contributed by atoms with Crippen molar-refractivity contribution in [3.8, 4) is 0 Å². The molecule has 1 fully saturated rings. The Balaban J connectivity index is 1.80. The summed E-state index contributed by atoms with van der Waals surface area (Å²) in [5.41, 5.74) is 3.92. The summed E-state index contributed by atoms with van der Waals surface area (Å²) in [4.78, 5) is 24.5. The molecule has 128 valence electrons. The zero-order valence-electron chi connectivity index (χ0n) is 13.4. The van der Waals surface area contributed by atoms with Gasteiger partial charge in [0.25, 0.3) is 11.8 Å². The lowest BCUT2D eigenvalue weighted by molar-refractivity contribution is -0.124. The normalized spacial score (nSPS) is 14.5. The molecule has 2 aromatic rings. The minimum Gasteiger partial charge on any atom is -0.349 e. The summed E-state index contributed by atoms with van der Waals surface area (Å²) in [5, 5.41) is 13.5. The molecule has 2 amide bonds. The second-order valence-electron chi connectivity index (χ2n) is 5.76. The van der Waals surface area contributed by atoms with Crippen LogP contribution in [0.2, 0.25) is 0 Å². The molecule has 1 saturated carbocycles. The first kappa shape index (κ1) is 17.1. The average molecular weight is 354 g/mol. The van der Waals surface area contributed by atoms with Crippen molar-refractivity contribution >= 4 is 40.9 Å². The second kappa shape index (κ2) is 7.92. The standard InChI is InChI=1S/C19H18N2O3S/c22-18(21-24)10-7-13-3-5-14(6-4-13)12-16(17-2-1-11-25-17)19(23)20-15-8-9-15/h1-7,10-12,15,24H,8-9H2,(H,20,23)(H,21,22)/b10-7+,16-12+. The molecule has 1 heterocycles. The smallest absolute Gasteiger partial charge is 0.267 e. The highest BCUT2D eigenvalue weighted by Crippen LogP contribution is 2.26. The minimum atomic E-state index is -0.583. The zero-order chi connectivity index (χ0) is 17.6. The number of nitrogens with one attached hydrogen (secondary N) is 2. The molecule has 5 nitrogen and oxygen atoms in total. The number of carbonyl (C=O) groups is 2. The molecular formula is C19H18N2O3S. The Kier molecular flexibility index (Phi) is 5.42. The number of amides is 2. The van der Waals surface area contributed by atoms with Crippen LogP contribution in [0, 0.1) is 0 Å². The first-order chi connectivity index (χ1) is 12.2. The second-order valence-corrected chi connectivity index (χ2v) is 6.71. The van der Waals surface area contributed by atoms with Gasteiger partial charge in [0.2, 0.25) is 0 Å². The van der Waals surface area contributed by atoms with Crippen LogP contribution in [0.25, 0.3) is 17.7 Å². The van der Waals surface area contributed by atoms with E-state index in [1.54, 1.807) is 11.6 Å². The first-order valence-electron chi connectivity index (χ1n) is 7.94. The summed E-state index contributed by atoms with van der Waals surface area (Å²) in [5.74, 6) is -0.630. The van der Waals surface area contributed by atoms with Crippen LogP contribution in [0.1, 0.15) is 28.8 Å². The van der Waals surface area contributed by atoms with Crippen LogP contribution < -0.4 is 10.8 Å². The van der Waals surface area contributed by atoms with E-state index in [2.05, 4.69) is 5.32 Å². The SMILES string of the molecule is O=C(/C=C/c1ccc(/C=C(/C(=O)NC2CC2)c2cccs2)cc1)NO. The van der Waals surface area contributed by atoms with E-state index < -0.39 is 5.91 Å². The molecule has 6 heteroatoms. The van der Waals surface area contributed by atoms with Gasteiger partial charge in [0.15, 0.2) is 0 Å². The van der Waals surface area contributed by atoms with Crippen molar-refractivity contribution in [2.24, 2.45) is 0 Å². The number of thiophene rings is 1. The van der Waals surface area contributed by atoms with Crippen molar-refractivity contribution in [1.29, 1.82) is 0 Å². The largest absolute Gasteiger partial charge is 0.349 e. The van der Waals surface area contributed by atoms with E-state index in [9.17, 15) is 9.59 Å². The van der Waals surface area contributed by atoms with E-state index in [0.717, 1.165) is 28.8 Å². The Morgan fingerprint density at radius 2 is 1.84 bits per heavy atom. The molecule has 1 aliphatic rings. The lowest BCUT2D eigenvalue weighted by atomic mass is 10.1. The molecule has 0 radical (unpaired) electrons. The molecule has 0 aliphatic heterocycles. The lowest BCUT2D eigenvalue weighted by Crippen LogP contribution is -2.26. The fourth-order valence-corrected chi connectivity index (χ4v) is 2.99. The van der Waals surface area contributed by atoms with Gasteiger partial charge >= 0.3 is 0 Å². The molecule has 3 rings (SSSR count). The average Bonchev–Trinajstić information content (AvgIpc) is 3.28. The predicted octanol–water partition coefficient (Wildman–Crippen LogP) is 3.09. The van der Waals surface area contributed by atoms with E-state index in [4.69, 9.17) is 5.21 Å². The van der Waals surface area contributed by atoms with E-state index in [0.29, 0.717) is 11.6 Å². The Morgan fingerprint density at radius 3 is 2.44 bits per heavy atom. The summed E-state index contributed by atoms with van der Waals surface area (Å²) < 4.78 is 0. The molecule has 1 aromatic carbocycles. The van der Waals surface area contributed by atoms with Gasteiger partial charge in [-0.2, -0.15) is 0 Å². The van der Waals surface area contributed by atoms with Gasteiger partial charge in [0.1, 0.15) is 0 Å². The molecule has 0 unspecified atom stereocenters. The Labute approximate surface area is 149 Å². The summed E-state index contributed by atoms with van der Waals surface area (Å²) in [6.07, 6.45) is 6.80. The van der Waals surface area contributed by atoms with Gasteiger partial charge in [0.05, 0.1) is 5.57 Å². The van der Waals surface area contributed by atoms with Gasteiger partial charge in [-0.05, 0) is 47.6 Å². The maximum absolute atomic E-state index is 12.5. The van der Waals surface area contributed by atoms with Crippen LogP contribution in [-0.2, 0) is 9.59 Å². The van der Waals surface area contributed by atoms with Gasteiger partial charge in [-0.1, -0.05) is 30.3 Å². The van der Waals surface area contributed by atoms with Gasteiger partial charge < -0.3 is 5.32 Å². The predicted molar refractivity (Wildman–Crippen MR) is 98.8 cm³/mol. The number of hydrogen-bond acceptors (Lipinski definition) is 4. The highest BCUT2D eigenvalue weighted by molar-refractivity contribution is 7.11. The molecule has 0 bridgehead atoms. The summed E-state index contributed by atoms with van der Waals surface area (Å²) in [6.45, 7) is 0. The molecule has 1 aromatic heterocycles. The quantitative estimate of drug-likeness (QED) is 0.424. The van der Waals surface area contributed by atoms with Crippen molar-refractivity contribution < 1.29 is 14.8 Å². The van der Waals surface area contributed by atoms with Gasteiger partial charge in [-0.3, -0.25) is 14.8 Å². The van der Waals surface area contributed by atoms with Crippen LogP contribution in [0.4, 0.5) is 0 Å². The zero-order valence-corrected chi connectivity index (χ0v) is 14.3. The Morgan fingerprint density at radius 1 is 1.12 bits per heavy atom. The van der Waals surface area contributed by atoms with E-state index in [1.807, 2.05) is 47.9 Å². The summed E-state index contributed by atoms with van der Waals surface area (Å²) in [7, 11) is 0. The Hall–Kier alpha value is -2.70. The lowest BCUT2D eigenvalue weighted by Gasteiger charge is -2.07. The molecule has 3 N–H and O–H groups in total. The van der Waals surface area contributed by atoms with Crippen LogP contribution in [0.15, 0.2) is 47.9 Å².